The highest BCUT2D eigenvalue weighted by Gasteiger charge is 2.13. The standard InChI is InChI=1S/C17H19ClO2S/c1-2-14-5-7-15(8-6-14)4-3-13-21(19,20)17-11-9-16(18)10-12-17/h5-12H,2-4,13H2,1H3. The lowest BCUT2D eigenvalue weighted by atomic mass is 10.1. The van der Waals surface area contributed by atoms with E-state index in [4.69, 9.17) is 11.6 Å². The summed E-state index contributed by atoms with van der Waals surface area (Å²) in [4.78, 5) is 0.341. The highest BCUT2D eigenvalue weighted by molar-refractivity contribution is 7.91. The molecule has 0 aromatic heterocycles. The summed E-state index contributed by atoms with van der Waals surface area (Å²) in [5, 5.41) is 0.546. The molecule has 4 heteroatoms. The molecular weight excluding hydrogens is 304 g/mol. The summed E-state index contributed by atoms with van der Waals surface area (Å²) in [5.74, 6) is 0.157. The normalized spacial score (nSPS) is 11.5. The van der Waals surface area contributed by atoms with Crippen LogP contribution in [0.15, 0.2) is 53.4 Å². The summed E-state index contributed by atoms with van der Waals surface area (Å²) in [6.45, 7) is 2.12. The quantitative estimate of drug-likeness (QED) is 0.794. The fourth-order valence-electron chi connectivity index (χ4n) is 2.17. The molecule has 0 amide bonds. The number of rotatable bonds is 6. The molecule has 0 radical (unpaired) electrons. The minimum atomic E-state index is -3.22. The topological polar surface area (TPSA) is 34.1 Å². The van der Waals surface area contributed by atoms with Crippen LogP contribution in [0.25, 0.3) is 0 Å². The van der Waals surface area contributed by atoms with Crippen molar-refractivity contribution >= 4 is 21.4 Å². The van der Waals surface area contributed by atoms with Gasteiger partial charge in [0.2, 0.25) is 0 Å². The number of benzene rings is 2. The third kappa shape index (κ3) is 4.58. The van der Waals surface area contributed by atoms with Crippen LogP contribution in [0.4, 0.5) is 0 Å². The van der Waals surface area contributed by atoms with Gasteiger partial charge in [-0.05, 0) is 54.7 Å². The van der Waals surface area contributed by atoms with E-state index in [1.54, 1.807) is 24.3 Å². The van der Waals surface area contributed by atoms with Crippen LogP contribution in [0, 0.1) is 0 Å². The predicted octanol–water partition coefficient (Wildman–Crippen LogP) is 4.31. The lowest BCUT2D eigenvalue weighted by Gasteiger charge is -2.05. The van der Waals surface area contributed by atoms with E-state index < -0.39 is 9.84 Å². The second-order valence-corrected chi connectivity index (χ2v) is 7.59. The van der Waals surface area contributed by atoms with Gasteiger partial charge < -0.3 is 0 Å². The third-order valence-corrected chi connectivity index (χ3v) is 5.55. The maximum absolute atomic E-state index is 12.2. The van der Waals surface area contributed by atoms with Gasteiger partial charge in [0.25, 0.3) is 0 Å². The van der Waals surface area contributed by atoms with E-state index in [0.29, 0.717) is 16.3 Å². The van der Waals surface area contributed by atoms with Gasteiger partial charge in [-0.15, -0.1) is 0 Å². The predicted molar refractivity (Wildman–Crippen MR) is 87.6 cm³/mol. The van der Waals surface area contributed by atoms with E-state index in [1.807, 2.05) is 0 Å². The van der Waals surface area contributed by atoms with E-state index in [9.17, 15) is 8.42 Å². The second kappa shape index (κ2) is 7.10. The maximum Gasteiger partial charge on any atom is 0.178 e. The van der Waals surface area contributed by atoms with Crippen molar-refractivity contribution in [3.05, 3.63) is 64.7 Å². The molecule has 0 bridgehead atoms. The fraction of sp³-hybridized carbons (Fsp3) is 0.294. The van der Waals surface area contributed by atoms with Crippen LogP contribution in [0.5, 0.6) is 0 Å². The zero-order valence-electron chi connectivity index (χ0n) is 12.0. The van der Waals surface area contributed by atoms with Crippen LogP contribution in [-0.4, -0.2) is 14.2 Å². The first-order chi connectivity index (χ1) is 10.0. The molecule has 0 atom stereocenters. The van der Waals surface area contributed by atoms with Gasteiger partial charge in [-0.2, -0.15) is 0 Å². The summed E-state index contributed by atoms with van der Waals surface area (Å²) in [6.07, 6.45) is 2.42. The Labute approximate surface area is 131 Å². The minimum Gasteiger partial charge on any atom is -0.224 e. The van der Waals surface area contributed by atoms with Gasteiger partial charge in [0.05, 0.1) is 10.6 Å². The molecule has 0 aliphatic rings. The van der Waals surface area contributed by atoms with Crippen molar-refractivity contribution in [3.63, 3.8) is 0 Å². The van der Waals surface area contributed by atoms with Gasteiger partial charge in [-0.3, -0.25) is 0 Å². The van der Waals surface area contributed by atoms with E-state index >= 15 is 0 Å². The molecule has 112 valence electrons. The number of hydrogen-bond donors (Lipinski definition) is 0. The highest BCUT2D eigenvalue weighted by atomic mass is 35.5. The third-order valence-electron chi connectivity index (χ3n) is 3.48. The van der Waals surface area contributed by atoms with Crippen LogP contribution >= 0.6 is 11.6 Å². The van der Waals surface area contributed by atoms with Crippen molar-refractivity contribution < 1.29 is 8.42 Å². The van der Waals surface area contributed by atoms with E-state index in [2.05, 4.69) is 31.2 Å². The highest BCUT2D eigenvalue weighted by Crippen LogP contribution is 2.17. The van der Waals surface area contributed by atoms with Crippen molar-refractivity contribution in [2.24, 2.45) is 0 Å². The molecule has 2 aromatic rings. The van der Waals surface area contributed by atoms with Crippen LogP contribution in [0.1, 0.15) is 24.5 Å². The Kier molecular flexibility index (Phi) is 5.43. The van der Waals surface area contributed by atoms with Gasteiger partial charge >= 0.3 is 0 Å². The first kappa shape index (κ1) is 16.1. The molecule has 0 aliphatic carbocycles. The molecule has 0 N–H and O–H groups in total. The van der Waals surface area contributed by atoms with E-state index in [-0.39, 0.29) is 5.75 Å². The molecular formula is C17H19ClO2S. The largest absolute Gasteiger partial charge is 0.224 e. The monoisotopic (exact) mass is 322 g/mol. The molecule has 21 heavy (non-hydrogen) atoms. The SMILES string of the molecule is CCc1ccc(CCCS(=O)(=O)c2ccc(Cl)cc2)cc1. The molecule has 2 rings (SSSR count). The van der Waals surface area contributed by atoms with Crippen LogP contribution in [0.2, 0.25) is 5.02 Å². The van der Waals surface area contributed by atoms with E-state index in [1.165, 1.54) is 11.1 Å². The zero-order chi connectivity index (χ0) is 15.3. The van der Waals surface area contributed by atoms with Crippen molar-refractivity contribution in [3.8, 4) is 0 Å². The summed E-state index contributed by atoms with van der Waals surface area (Å²) in [6, 6.07) is 14.7. The van der Waals surface area contributed by atoms with E-state index in [0.717, 1.165) is 12.8 Å². The Bertz CT molecular complexity index is 674. The summed E-state index contributed by atoms with van der Waals surface area (Å²) in [5.41, 5.74) is 2.48. The minimum absolute atomic E-state index is 0.157. The van der Waals surface area contributed by atoms with Crippen LogP contribution in [0.3, 0.4) is 0 Å². The summed E-state index contributed by atoms with van der Waals surface area (Å²) < 4.78 is 24.4. The molecule has 0 spiro atoms. The number of halogens is 1. The zero-order valence-corrected chi connectivity index (χ0v) is 13.6. The van der Waals surface area contributed by atoms with Crippen LogP contribution in [-0.2, 0) is 22.7 Å². The Morgan fingerprint density at radius 3 is 2.05 bits per heavy atom. The first-order valence-electron chi connectivity index (χ1n) is 7.07. The molecule has 0 saturated heterocycles. The fourth-order valence-corrected chi connectivity index (χ4v) is 3.60. The number of sulfone groups is 1. The lowest BCUT2D eigenvalue weighted by Crippen LogP contribution is -2.07. The number of hydrogen-bond acceptors (Lipinski definition) is 2. The van der Waals surface area contributed by atoms with Crippen molar-refractivity contribution in [2.75, 3.05) is 5.75 Å². The molecule has 0 saturated carbocycles. The van der Waals surface area contributed by atoms with Crippen LogP contribution < -0.4 is 0 Å². The lowest BCUT2D eigenvalue weighted by molar-refractivity contribution is 0.593. The van der Waals surface area contributed by atoms with Crippen molar-refractivity contribution in [1.29, 1.82) is 0 Å². The van der Waals surface area contributed by atoms with Gasteiger partial charge in [0, 0.05) is 5.02 Å². The Morgan fingerprint density at radius 1 is 0.905 bits per heavy atom. The molecule has 0 heterocycles. The molecule has 2 aromatic carbocycles. The Balaban J connectivity index is 1.93. The van der Waals surface area contributed by atoms with Gasteiger partial charge in [0.15, 0.2) is 9.84 Å². The average molecular weight is 323 g/mol. The first-order valence-corrected chi connectivity index (χ1v) is 9.10. The molecule has 0 unspecified atom stereocenters. The maximum atomic E-state index is 12.2. The second-order valence-electron chi connectivity index (χ2n) is 5.05. The van der Waals surface area contributed by atoms with Gasteiger partial charge in [-0.1, -0.05) is 42.8 Å². The van der Waals surface area contributed by atoms with Crippen molar-refractivity contribution in [2.45, 2.75) is 31.1 Å². The molecule has 0 fully saturated rings. The molecule has 2 nitrogen and oxygen atoms in total. The summed E-state index contributed by atoms with van der Waals surface area (Å²) >= 11 is 5.78. The van der Waals surface area contributed by atoms with Crippen molar-refractivity contribution in [1.82, 2.24) is 0 Å². The number of aryl methyl sites for hydroxylation is 2. The Hall–Kier alpha value is -1.32. The average Bonchev–Trinajstić information content (AvgIpc) is 2.48. The van der Waals surface area contributed by atoms with Gasteiger partial charge in [0.1, 0.15) is 0 Å². The summed E-state index contributed by atoms with van der Waals surface area (Å²) in [7, 11) is -3.22. The van der Waals surface area contributed by atoms with Gasteiger partial charge in [-0.25, -0.2) is 8.42 Å². The Morgan fingerprint density at radius 2 is 1.48 bits per heavy atom. The molecule has 0 aliphatic heterocycles. The smallest absolute Gasteiger partial charge is 0.178 e.